The number of benzene rings is 2. The summed E-state index contributed by atoms with van der Waals surface area (Å²) in [7, 11) is 0. The Morgan fingerprint density at radius 2 is 1.87 bits per heavy atom. The van der Waals surface area contributed by atoms with E-state index in [2.05, 4.69) is 10.4 Å². The molecular weight excluding hydrogens is 422 g/mol. The third-order valence-corrected chi connectivity index (χ3v) is 4.59. The Morgan fingerprint density at radius 1 is 1.10 bits per heavy atom. The summed E-state index contributed by atoms with van der Waals surface area (Å²) in [5.41, 5.74) is 0.885. The second-order valence-corrected chi connectivity index (χ2v) is 6.94. The van der Waals surface area contributed by atoms with Crippen LogP contribution < -0.4 is 15.6 Å². The Balaban J connectivity index is 1.53. The number of esters is 1. The molecule has 8 nitrogen and oxygen atoms in total. The SMILES string of the molecule is Cc1ccc(NC(=O)COC(=O)c2ccc(=O)n(CCOc3ccccc3)n2)cc1Cl. The molecule has 0 fully saturated rings. The first-order chi connectivity index (χ1) is 14.9. The van der Waals surface area contributed by atoms with Crippen molar-refractivity contribution in [2.45, 2.75) is 13.5 Å². The summed E-state index contributed by atoms with van der Waals surface area (Å²) < 4.78 is 11.6. The van der Waals surface area contributed by atoms with Crippen LogP contribution in [0.5, 0.6) is 5.75 Å². The molecule has 0 saturated heterocycles. The lowest BCUT2D eigenvalue weighted by Gasteiger charge is -2.09. The molecule has 1 heterocycles. The molecule has 0 atom stereocenters. The number of nitrogens with one attached hydrogen (secondary N) is 1. The lowest BCUT2D eigenvalue weighted by Crippen LogP contribution is -2.28. The second kappa shape index (κ2) is 10.4. The van der Waals surface area contributed by atoms with Crippen LogP contribution in [0.2, 0.25) is 5.02 Å². The molecule has 0 saturated carbocycles. The van der Waals surface area contributed by atoms with Gasteiger partial charge in [-0.15, -0.1) is 0 Å². The fourth-order valence-corrected chi connectivity index (χ4v) is 2.74. The van der Waals surface area contributed by atoms with Crippen LogP contribution in [0.4, 0.5) is 5.69 Å². The third-order valence-electron chi connectivity index (χ3n) is 4.18. The van der Waals surface area contributed by atoms with Gasteiger partial charge in [0, 0.05) is 16.8 Å². The normalized spacial score (nSPS) is 10.4. The van der Waals surface area contributed by atoms with Gasteiger partial charge in [0.05, 0.1) is 6.54 Å². The molecule has 1 aromatic heterocycles. The van der Waals surface area contributed by atoms with E-state index in [1.54, 1.807) is 30.3 Å². The van der Waals surface area contributed by atoms with Gasteiger partial charge in [-0.2, -0.15) is 5.10 Å². The van der Waals surface area contributed by atoms with E-state index < -0.39 is 18.5 Å². The zero-order valence-corrected chi connectivity index (χ0v) is 17.5. The number of carbonyl (C=O) groups excluding carboxylic acids is 2. The minimum absolute atomic E-state index is 0.0921. The molecule has 0 aliphatic carbocycles. The number of aryl methyl sites for hydroxylation is 1. The first kappa shape index (κ1) is 22.0. The molecule has 0 aliphatic rings. The first-order valence-corrected chi connectivity index (χ1v) is 9.79. The summed E-state index contributed by atoms with van der Waals surface area (Å²) in [6, 6.07) is 16.6. The number of hydrogen-bond acceptors (Lipinski definition) is 6. The van der Waals surface area contributed by atoms with E-state index in [1.807, 2.05) is 25.1 Å². The molecule has 0 radical (unpaired) electrons. The van der Waals surface area contributed by atoms with Gasteiger partial charge in [0.25, 0.3) is 11.5 Å². The van der Waals surface area contributed by atoms with E-state index in [1.165, 1.54) is 12.1 Å². The Kier molecular flexibility index (Phi) is 7.40. The quantitative estimate of drug-likeness (QED) is 0.539. The van der Waals surface area contributed by atoms with Crippen molar-refractivity contribution in [1.82, 2.24) is 9.78 Å². The van der Waals surface area contributed by atoms with Gasteiger partial charge < -0.3 is 14.8 Å². The molecule has 2 aromatic carbocycles. The highest BCUT2D eigenvalue weighted by atomic mass is 35.5. The summed E-state index contributed by atoms with van der Waals surface area (Å²) in [5, 5.41) is 7.09. The molecule has 31 heavy (non-hydrogen) atoms. The molecule has 9 heteroatoms. The summed E-state index contributed by atoms with van der Waals surface area (Å²) >= 11 is 6.02. The predicted octanol–water partition coefficient (Wildman–Crippen LogP) is 3.08. The lowest BCUT2D eigenvalue weighted by molar-refractivity contribution is -0.119. The molecular formula is C22H20ClN3O5. The van der Waals surface area contributed by atoms with Crippen LogP contribution in [0.1, 0.15) is 16.1 Å². The van der Waals surface area contributed by atoms with Crippen LogP contribution in [0, 0.1) is 6.92 Å². The minimum Gasteiger partial charge on any atom is -0.492 e. The Morgan fingerprint density at radius 3 is 2.61 bits per heavy atom. The number of amides is 1. The van der Waals surface area contributed by atoms with Gasteiger partial charge in [0.1, 0.15) is 12.4 Å². The van der Waals surface area contributed by atoms with E-state index >= 15 is 0 Å². The van der Waals surface area contributed by atoms with Gasteiger partial charge in [-0.25, -0.2) is 9.48 Å². The van der Waals surface area contributed by atoms with Crippen LogP contribution in [0.25, 0.3) is 0 Å². The Bertz CT molecular complexity index is 1130. The van der Waals surface area contributed by atoms with Gasteiger partial charge >= 0.3 is 5.97 Å². The fourth-order valence-electron chi connectivity index (χ4n) is 2.56. The van der Waals surface area contributed by atoms with Gasteiger partial charge in [-0.05, 0) is 42.8 Å². The summed E-state index contributed by atoms with van der Waals surface area (Å²) in [4.78, 5) is 36.2. The van der Waals surface area contributed by atoms with Crippen molar-refractivity contribution in [2.75, 3.05) is 18.5 Å². The molecule has 1 N–H and O–H groups in total. The van der Waals surface area contributed by atoms with Crippen LogP contribution in [-0.4, -0.2) is 34.9 Å². The number of hydrogen-bond donors (Lipinski definition) is 1. The van der Waals surface area contributed by atoms with Crippen LogP contribution in [-0.2, 0) is 16.1 Å². The molecule has 0 aliphatic heterocycles. The molecule has 3 aromatic rings. The largest absolute Gasteiger partial charge is 0.492 e. The highest BCUT2D eigenvalue weighted by Crippen LogP contribution is 2.19. The third kappa shape index (κ3) is 6.42. The maximum atomic E-state index is 12.2. The van der Waals surface area contributed by atoms with E-state index in [9.17, 15) is 14.4 Å². The van der Waals surface area contributed by atoms with Crippen LogP contribution >= 0.6 is 11.6 Å². The Labute approximate surface area is 183 Å². The monoisotopic (exact) mass is 441 g/mol. The van der Waals surface area contributed by atoms with Gasteiger partial charge in [0.15, 0.2) is 12.3 Å². The molecule has 1 amide bonds. The Hall–Kier alpha value is -3.65. The minimum atomic E-state index is -0.824. The number of para-hydroxylation sites is 1. The van der Waals surface area contributed by atoms with Crippen molar-refractivity contribution < 1.29 is 19.1 Å². The molecule has 0 unspecified atom stereocenters. The number of halogens is 1. The summed E-state index contributed by atoms with van der Waals surface area (Å²) in [6.45, 7) is 1.67. The fraction of sp³-hybridized carbons (Fsp3) is 0.182. The highest BCUT2D eigenvalue weighted by molar-refractivity contribution is 6.31. The highest BCUT2D eigenvalue weighted by Gasteiger charge is 2.14. The van der Waals surface area contributed by atoms with E-state index in [0.717, 1.165) is 10.2 Å². The number of ether oxygens (including phenoxy) is 2. The molecule has 3 rings (SSSR count). The molecule has 160 valence electrons. The number of carbonyl (C=O) groups is 2. The summed E-state index contributed by atoms with van der Waals surface area (Å²) in [5.74, 6) is -0.695. The zero-order chi connectivity index (χ0) is 22.2. The van der Waals surface area contributed by atoms with Crippen molar-refractivity contribution in [2.24, 2.45) is 0 Å². The van der Waals surface area contributed by atoms with Gasteiger partial charge in [-0.1, -0.05) is 35.9 Å². The average molecular weight is 442 g/mol. The maximum absolute atomic E-state index is 12.2. The van der Waals surface area contributed by atoms with Gasteiger partial charge in [0.2, 0.25) is 0 Å². The summed E-state index contributed by atoms with van der Waals surface area (Å²) in [6.07, 6.45) is 0. The van der Waals surface area contributed by atoms with Crippen molar-refractivity contribution in [3.05, 3.63) is 87.3 Å². The number of anilines is 1. The van der Waals surface area contributed by atoms with Gasteiger partial charge in [-0.3, -0.25) is 9.59 Å². The zero-order valence-electron chi connectivity index (χ0n) is 16.7. The average Bonchev–Trinajstić information content (AvgIpc) is 2.76. The topological polar surface area (TPSA) is 99.5 Å². The number of nitrogens with zero attached hydrogens (tertiary/aromatic N) is 2. The van der Waals surface area contributed by atoms with Crippen LogP contribution in [0.15, 0.2) is 65.5 Å². The standard InChI is InChI=1S/C22H20ClN3O5/c1-15-7-8-16(13-18(15)23)24-20(27)14-31-22(29)19-9-10-21(28)26(25-19)11-12-30-17-5-3-2-4-6-17/h2-10,13H,11-12,14H2,1H3,(H,24,27). The van der Waals surface area contributed by atoms with Crippen molar-refractivity contribution in [3.8, 4) is 5.75 Å². The molecule has 0 bridgehead atoms. The van der Waals surface area contributed by atoms with Crippen molar-refractivity contribution in [1.29, 1.82) is 0 Å². The number of rotatable bonds is 8. The lowest BCUT2D eigenvalue weighted by atomic mass is 10.2. The van der Waals surface area contributed by atoms with Crippen LogP contribution in [0.3, 0.4) is 0 Å². The second-order valence-electron chi connectivity index (χ2n) is 6.53. The molecule has 0 spiro atoms. The number of aromatic nitrogens is 2. The maximum Gasteiger partial charge on any atom is 0.359 e. The van der Waals surface area contributed by atoms with E-state index in [-0.39, 0.29) is 24.4 Å². The van der Waals surface area contributed by atoms with E-state index in [0.29, 0.717) is 16.5 Å². The first-order valence-electron chi connectivity index (χ1n) is 9.41. The van der Waals surface area contributed by atoms with Crippen molar-refractivity contribution >= 4 is 29.2 Å². The van der Waals surface area contributed by atoms with Crippen molar-refractivity contribution in [3.63, 3.8) is 0 Å². The smallest absolute Gasteiger partial charge is 0.359 e. The van der Waals surface area contributed by atoms with E-state index in [4.69, 9.17) is 21.1 Å². The predicted molar refractivity (Wildman–Crippen MR) is 116 cm³/mol.